The molecule has 0 aliphatic heterocycles. The van der Waals surface area contributed by atoms with Crippen LogP contribution in [0.1, 0.15) is 0 Å². The van der Waals surface area contributed by atoms with Gasteiger partial charge in [0.15, 0.2) is 5.13 Å². The van der Waals surface area contributed by atoms with Crippen molar-refractivity contribution in [3.05, 3.63) is 59.0 Å². The Balaban J connectivity index is 1.50. The average Bonchev–Trinajstić information content (AvgIpc) is 3.75. The van der Waals surface area contributed by atoms with E-state index in [1.807, 2.05) is 35.7 Å². The summed E-state index contributed by atoms with van der Waals surface area (Å²) in [6.45, 7) is -0.416. The second-order valence-electron chi connectivity index (χ2n) is 8.36. The Morgan fingerprint density at radius 2 is 1.25 bits per heavy atom. The highest BCUT2D eigenvalue weighted by atomic mass is 32.1. The SMILES string of the molecule is N[C@H](COc1cc(-c2cccs2)sc1-c1ccc(-c2sc(-c3ccc(F)s3)cc2OC[C@H](N)C(=O)O)s1)C(=O)O. The van der Waals surface area contributed by atoms with Crippen LogP contribution >= 0.6 is 56.7 Å². The van der Waals surface area contributed by atoms with Crippen LogP contribution in [-0.4, -0.2) is 47.4 Å². The second kappa shape index (κ2) is 12.2. The molecule has 2 atom stereocenters. The molecule has 5 rings (SSSR count). The minimum Gasteiger partial charge on any atom is -0.490 e. The number of ether oxygens (including phenoxy) is 2. The van der Waals surface area contributed by atoms with Crippen molar-refractivity contribution in [1.29, 1.82) is 0 Å². The van der Waals surface area contributed by atoms with Crippen LogP contribution in [0.2, 0.25) is 0 Å². The number of carboxylic acid groups (broad SMARTS) is 2. The molecule has 0 unspecified atom stereocenters. The molecule has 40 heavy (non-hydrogen) atoms. The molecule has 14 heteroatoms. The van der Waals surface area contributed by atoms with Gasteiger partial charge in [0.25, 0.3) is 0 Å². The Hall–Kier alpha value is -3.11. The number of nitrogens with two attached hydrogens (primary N) is 2. The van der Waals surface area contributed by atoms with Gasteiger partial charge in [0, 0.05) is 41.4 Å². The number of carboxylic acids is 2. The molecular formula is C26H21FN2O6S5. The van der Waals surface area contributed by atoms with Gasteiger partial charge in [-0.2, -0.15) is 4.39 Å². The molecule has 0 aliphatic carbocycles. The molecule has 5 heterocycles. The third kappa shape index (κ3) is 6.28. The molecular weight excluding hydrogens is 616 g/mol. The van der Waals surface area contributed by atoms with E-state index in [9.17, 15) is 24.2 Å². The van der Waals surface area contributed by atoms with Crippen molar-refractivity contribution in [3.8, 4) is 50.5 Å². The molecule has 0 aromatic carbocycles. The molecule has 0 spiro atoms. The quantitative estimate of drug-likeness (QED) is 0.123. The summed E-state index contributed by atoms with van der Waals surface area (Å²) >= 11 is 6.99. The number of hydrogen-bond donors (Lipinski definition) is 4. The first-order valence-electron chi connectivity index (χ1n) is 11.6. The van der Waals surface area contributed by atoms with Crippen LogP contribution in [0.15, 0.2) is 53.9 Å². The van der Waals surface area contributed by atoms with Crippen LogP contribution < -0.4 is 20.9 Å². The predicted molar refractivity (Wildman–Crippen MR) is 160 cm³/mol. The molecule has 5 aromatic rings. The molecule has 208 valence electrons. The summed E-state index contributed by atoms with van der Waals surface area (Å²) in [4.78, 5) is 29.3. The van der Waals surface area contributed by atoms with Gasteiger partial charge in [-0.05, 0) is 35.7 Å². The van der Waals surface area contributed by atoms with Crippen molar-refractivity contribution >= 4 is 68.6 Å². The Bertz CT molecular complexity index is 1640. The standard InChI is InChI=1S/C26H21FN2O6S5/c27-22-6-5-17(38-22)21-9-15(35-11-13(29)26(32)33)24(40-21)19-4-3-18(37-19)23-14(34-10-12(28)25(30)31)8-20(39-23)16-2-1-7-36-16/h1-9,12-13H,10-11,28-29H2,(H,30,31)(H,32,33)/t12-,13+/m1/s1. The van der Waals surface area contributed by atoms with Gasteiger partial charge in [0.2, 0.25) is 0 Å². The molecule has 0 radical (unpaired) electrons. The maximum atomic E-state index is 13.7. The van der Waals surface area contributed by atoms with Gasteiger partial charge in [0.05, 0.1) is 9.75 Å². The van der Waals surface area contributed by atoms with Gasteiger partial charge in [-0.25, -0.2) is 0 Å². The van der Waals surface area contributed by atoms with Gasteiger partial charge >= 0.3 is 11.9 Å². The third-order valence-corrected chi connectivity index (χ3v) is 11.3. The predicted octanol–water partition coefficient (Wildman–Crippen LogP) is 6.38. The molecule has 5 aromatic heterocycles. The van der Waals surface area contributed by atoms with E-state index in [4.69, 9.17) is 20.9 Å². The smallest absolute Gasteiger partial charge is 0.324 e. The second-order valence-corrected chi connectivity index (χ2v) is 13.5. The molecule has 8 nitrogen and oxygen atoms in total. The Labute approximate surface area is 247 Å². The first-order chi connectivity index (χ1) is 19.2. The van der Waals surface area contributed by atoms with Crippen molar-refractivity contribution in [3.63, 3.8) is 0 Å². The highest BCUT2D eigenvalue weighted by molar-refractivity contribution is 7.29. The monoisotopic (exact) mass is 636 g/mol. The highest BCUT2D eigenvalue weighted by Crippen LogP contribution is 2.51. The van der Waals surface area contributed by atoms with Crippen molar-refractivity contribution in [2.45, 2.75) is 12.1 Å². The lowest BCUT2D eigenvalue weighted by Gasteiger charge is -2.09. The maximum absolute atomic E-state index is 13.7. The molecule has 0 bridgehead atoms. The average molecular weight is 637 g/mol. The number of hydrogen-bond acceptors (Lipinski definition) is 11. The van der Waals surface area contributed by atoms with Gasteiger partial charge in [-0.1, -0.05) is 6.07 Å². The van der Waals surface area contributed by atoms with E-state index in [0.29, 0.717) is 11.5 Å². The van der Waals surface area contributed by atoms with Crippen molar-refractivity contribution < 1.29 is 33.7 Å². The van der Waals surface area contributed by atoms with E-state index in [0.717, 1.165) is 50.4 Å². The van der Waals surface area contributed by atoms with E-state index in [1.165, 1.54) is 40.1 Å². The van der Waals surface area contributed by atoms with Gasteiger partial charge in [-0.3, -0.25) is 9.59 Å². The molecule has 0 aliphatic rings. The summed E-state index contributed by atoms with van der Waals surface area (Å²) in [7, 11) is 0. The maximum Gasteiger partial charge on any atom is 0.324 e. The lowest BCUT2D eigenvalue weighted by atomic mass is 10.3. The lowest BCUT2D eigenvalue weighted by molar-refractivity contribution is -0.140. The Kier molecular flexibility index (Phi) is 8.65. The first kappa shape index (κ1) is 28.4. The number of carbonyl (C=O) groups is 2. The molecule has 6 N–H and O–H groups in total. The number of thiophene rings is 5. The molecule has 0 saturated heterocycles. The highest BCUT2D eigenvalue weighted by Gasteiger charge is 2.22. The van der Waals surface area contributed by atoms with Gasteiger partial charge < -0.3 is 31.2 Å². The van der Waals surface area contributed by atoms with Crippen molar-refractivity contribution in [1.82, 2.24) is 0 Å². The Morgan fingerprint density at radius 3 is 1.70 bits per heavy atom. The number of rotatable bonds is 12. The molecule has 0 fully saturated rings. The van der Waals surface area contributed by atoms with Gasteiger partial charge in [-0.15, -0.1) is 56.7 Å². The van der Waals surface area contributed by atoms with E-state index >= 15 is 0 Å². The molecule has 0 saturated carbocycles. The van der Waals surface area contributed by atoms with Crippen LogP contribution in [0.25, 0.3) is 39.0 Å². The first-order valence-corrected chi connectivity index (χ1v) is 15.7. The van der Waals surface area contributed by atoms with Crippen LogP contribution in [0.5, 0.6) is 11.5 Å². The number of halogens is 1. The lowest BCUT2D eigenvalue weighted by Crippen LogP contribution is -2.36. The van der Waals surface area contributed by atoms with E-state index in [1.54, 1.807) is 23.5 Å². The summed E-state index contributed by atoms with van der Waals surface area (Å²) in [5.74, 6) is -1.34. The fourth-order valence-corrected chi connectivity index (χ4v) is 8.57. The fourth-order valence-electron chi connectivity index (χ4n) is 3.50. The van der Waals surface area contributed by atoms with Gasteiger partial charge in [0.1, 0.15) is 36.8 Å². The van der Waals surface area contributed by atoms with Crippen LogP contribution in [0.3, 0.4) is 0 Å². The third-order valence-electron chi connectivity index (χ3n) is 5.50. The topological polar surface area (TPSA) is 145 Å². The summed E-state index contributed by atoms with van der Waals surface area (Å²) in [5.41, 5.74) is 11.3. The van der Waals surface area contributed by atoms with Crippen LogP contribution in [-0.2, 0) is 9.59 Å². The summed E-state index contributed by atoms with van der Waals surface area (Å²) in [6.07, 6.45) is 0. The zero-order valence-electron chi connectivity index (χ0n) is 20.4. The Morgan fingerprint density at radius 1 is 0.725 bits per heavy atom. The van der Waals surface area contributed by atoms with E-state index in [-0.39, 0.29) is 18.3 Å². The molecule has 0 amide bonds. The summed E-state index contributed by atoms with van der Waals surface area (Å²) < 4.78 is 25.4. The minimum absolute atomic E-state index is 0.186. The zero-order chi connectivity index (χ0) is 28.4. The summed E-state index contributed by atoms with van der Waals surface area (Å²) in [5, 5.41) is 20.0. The van der Waals surface area contributed by atoms with Crippen molar-refractivity contribution in [2.75, 3.05) is 13.2 Å². The fraction of sp³-hybridized carbons (Fsp3) is 0.154. The number of aliphatic carboxylic acids is 2. The van der Waals surface area contributed by atoms with E-state index in [2.05, 4.69) is 0 Å². The summed E-state index contributed by atoms with van der Waals surface area (Å²) in [6, 6.07) is 12.2. The normalized spacial score (nSPS) is 12.8. The zero-order valence-corrected chi connectivity index (χ0v) is 24.4. The minimum atomic E-state index is -1.20. The largest absolute Gasteiger partial charge is 0.490 e. The van der Waals surface area contributed by atoms with E-state index < -0.39 is 24.0 Å². The van der Waals surface area contributed by atoms with Crippen LogP contribution in [0, 0.1) is 5.13 Å². The van der Waals surface area contributed by atoms with Crippen molar-refractivity contribution in [2.24, 2.45) is 11.5 Å². The van der Waals surface area contributed by atoms with Crippen LogP contribution in [0.4, 0.5) is 4.39 Å².